The Kier molecular flexibility index (Phi) is 4.61. The molecule has 0 N–H and O–H groups in total. The first-order valence-corrected chi connectivity index (χ1v) is 5.81. The van der Waals surface area contributed by atoms with Crippen LogP contribution in [0, 0.1) is 0 Å². The highest BCUT2D eigenvalue weighted by Gasteiger charge is 1.92. The van der Waals surface area contributed by atoms with Crippen molar-refractivity contribution in [2.45, 2.75) is 0 Å². The van der Waals surface area contributed by atoms with Gasteiger partial charge in [-0.25, -0.2) is 0 Å². The minimum atomic E-state index is 0.845. The summed E-state index contributed by atoms with van der Waals surface area (Å²) in [6, 6.07) is 15.5. The molecule has 0 aliphatic carbocycles. The minimum Gasteiger partial charge on any atom is -0.356 e. The number of nitrogens with zero attached hydrogens (tertiary/aromatic N) is 2. The number of hydrogen-bond acceptors (Lipinski definition) is 5. The highest BCUT2D eigenvalue weighted by atomic mass is 16.5. The summed E-state index contributed by atoms with van der Waals surface area (Å²) in [5.74, 6) is 0. The molecule has 0 aliphatic rings. The third-order valence-corrected chi connectivity index (χ3v) is 2.52. The predicted molar refractivity (Wildman–Crippen MR) is 75.1 cm³/mol. The molecule has 0 atom stereocenters. The van der Waals surface area contributed by atoms with Crippen LogP contribution in [-0.4, -0.2) is 17.1 Å². The highest BCUT2D eigenvalue weighted by molar-refractivity contribution is 5.75. The van der Waals surface area contributed by atoms with Crippen molar-refractivity contribution in [1.82, 2.24) is 10.3 Å². The van der Waals surface area contributed by atoms with E-state index in [2.05, 4.69) is 10.3 Å². The Morgan fingerprint density at radius 2 is 1.10 bits per heavy atom. The van der Waals surface area contributed by atoms with Gasteiger partial charge in [0, 0.05) is 10.8 Å². The summed E-state index contributed by atoms with van der Waals surface area (Å²) in [6.07, 6.45) is 3.41. The van der Waals surface area contributed by atoms with Crippen LogP contribution in [0.5, 0.6) is 0 Å². The molecule has 2 aromatic carbocycles. The molecular weight excluding hydrogens is 256 g/mol. The number of carbonyl (C=O) groups is 1. The van der Waals surface area contributed by atoms with Crippen LogP contribution in [0.4, 0.5) is 0 Å². The Labute approximate surface area is 114 Å². The Bertz CT molecular complexity index is 650. The maximum absolute atomic E-state index is 8.00. The van der Waals surface area contributed by atoms with Crippen LogP contribution in [0.15, 0.2) is 70.0 Å². The lowest BCUT2D eigenvalue weighted by Crippen LogP contribution is -1.57. The molecule has 0 saturated carbocycles. The van der Waals surface area contributed by atoms with Gasteiger partial charge in [0.05, 0.1) is 12.4 Å². The Morgan fingerprint density at radius 1 is 0.700 bits per heavy atom. The number of carbonyl (C=O) groups excluding carboxylic acids is 1. The van der Waals surface area contributed by atoms with Gasteiger partial charge >= 0.3 is 0 Å². The molecule has 0 saturated heterocycles. The smallest absolute Gasteiger partial charge is 0.166 e. The van der Waals surface area contributed by atoms with E-state index in [0.717, 1.165) is 21.9 Å². The Balaban J connectivity index is 0.000000131. The van der Waals surface area contributed by atoms with Gasteiger partial charge in [-0.1, -0.05) is 34.6 Å². The topological polar surface area (TPSA) is 69.1 Å². The molecule has 100 valence electrons. The zero-order valence-electron chi connectivity index (χ0n) is 10.6. The third-order valence-electron chi connectivity index (χ3n) is 2.52. The van der Waals surface area contributed by atoms with E-state index in [1.165, 1.54) is 0 Å². The molecule has 4 rings (SSSR count). The Hall–Kier alpha value is -2.95. The highest BCUT2D eigenvalue weighted by Crippen LogP contribution is 2.11. The fourth-order valence-corrected chi connectivity index (χ4v) is 1.62. The van der Waals surface area contributed by atoms with Crippen LogP contribution < -0.4 is 0 Å². The normalized spacial score (nSPS) is 9.40. The van der Waals surface area contributed by atoms with E-state index < -0.39 is 0 Å². The minimum absolute atomic E-state index is 0.845. The van der Waals surface area contributed by atoms with E-state index in [4.69, 9.17) is 13.8 Å². The summed E-state index contributed by atoms with van der Waals surface area (Å²) in [4.78, 5) is 8.00. The van der Waals surface area contributed by atoms with Crippen LogP contribution in [0.2, 0.25) is 0 Å². The second-order valence-electron chi connectivity index (χ2n) is 3.73. The largest absolute Gasteiger partial charge is 0.356 e. The number of fused-ring (bicyclic) bond motifs is 2. The first kappa shape index (κ1) is 13.5. The van der Waals surface area contributed by atoms with E-state index in [1.54, 1.807) is 12.4 Å². The van der Waals surface area contributed by atoms with E-state index >= 15 is 0 Å². The summed E-state index contributed by atoms with van der Waals surface area (Å²) in [7, 11) is 0. The summed E-state index contributed by atoms with van der Waals surface area (Å²) in [5, 5.41) is 9.36. The average Bonchev–Trinajstić information content (AvgIpc) is 3.18. The molecule has 0 bridgehead atoms. The lowest BCUT2D eigenvalue weighted by Gasteiger charge is -1.78. The van der Waals surface area contributed by atoms with Gasteiger partial charge in [0.2, 0.25) is 0 Å². The lowest BCUT2D eigenvalue weighted by atomic mass is 10.3. The monoisotopic (exact) mass is 268 g/mol. The molecule has 0 unspecified atom stereocenters. The molecule has 2 heterocycles. The number of hydrogen-bond donors (Lipinski definition) is 0. The van der Waals surface area contributed by atoms with Gasteiger partial charge in [0.1, 0.15) is 6.79 Å². The predicted octanol–water partition coefficient (Wildman–Crippen LogP) is 3.47. The van der Waals surface area contributed by atoms with Crippen molar-refractivity contribution in [2.24, 2.45) is 0 Å². The van der Waals surface area contributed by atoms with Gasteiger partial charge in [-0.2, -0.15) is 0 Å². The molecule has 4 aromatic rings. The first-order valence-electron chi connectivity index (χ1n) is 5.81. The number of benzene rings is 2. The third kappa shape index (κ3) is 3.08. The zero-order valence-corrected chi connectivity index (χ0v) is 10.6. The second kappa shape index (κ2) is 6.84. The zero-order chi connectivity index (χ0) is 14.2. The van der Waals surface area contributed by atoms with Crippen molar-refractivity contribution < 1.29 is 13.8 Å². The van der Waals surface area contributed by atoms with Crippen LogP contribution in [0.1, 0.15) is 0 Å². The fraction of sp³-hybridized carbons (Fsp3) is 0. The quantitative estimate of drug-likeness (QED) is 0.488. The number of rotatable bonds is 0. The molecule has 0 aliphatic heterocycles. The summed E-state index contributed by atoms with van der Waals surface area (Å²) >= 11 is 0. The average molecular weight is 268 g/mol. The van der Waals surface area contributed by atoms with Gasteiger partial charge < -0.3 is 13.8 Å². The molecule has 20 heavy (non-hydrogen) atoms. The molecule has 0 fully saturated rings. The maximum Gasteiger partial charge on any atom is 0.166 e. The lowest BCUT2D eigenvalue weighted by molar-refractivity contribution is -0.0979. The molecule has 0 amide bonds. The molecule has 5 nitrogen and oxygen atoms in total. The van der Waals surface area contributed by atoms with Gasteiger partial charge in [-0.15, -0.1) is 0 Å². The van der Waals surface area contributed by atoms with Gasteiger partial charge in [-0.05, 0) is 24.3 Å². The summed E-state index contributed by atoms with van der Waals surface area (Å²) < 4.78 is 9.74. The van der Waals surface area contributed by atoms with E-state index in [0.29, 0.717) is 0 Å². The molecule has 0 spiro atoms. The van der Waals surface area contributed by atoms with Crippen molar-refractivity contribution >= 4 is 28.7 Å². The summed E-state index contributed by atoms with van der Waals surface area (Å²) in [5.41, 5.74) is 1.69. The van der Waals surface area contributed by atoms with E-state index in [9.17, 15) is 0 Å². The van der Waals surface area contributed by atoms with Crippen molar-refractivity contribution in [3.63, 3.8) is 0 Å². The van der Waals surface area contributed by atoms with Crippen LogP contribution in [-0.2, 0) is 4.79 Å². The van der Waals surface area contributed by atoms with Crippen LogP contribution in [0.3, 0.4) is 0 Å². The number of aromatic nitrogens is 2. The second-order valence-corrected chi connectivity index (χ2v) is 3.73. The van der Waals surface area contributed by atoms with Gasteiger partial charge in [-0.3, -0.25) is 0 Å². The van der Waals surface area contributed by atoms with E-state index in [-0.39, 0.29) is 0 Å². The SMILES string of the molecule is C=O.c1ccc2oncc2c1.c1ccc2oncc2c1. The molecule has 2 aromatic heterocycles. The fourth-order valence-electron chi connectivity index (χ4n) is 1.62. The molecule has 5 heteroatoms. The van der Waals surface area contributed by atoms with Gasteiger partial charge in [0.15, 0.2) is 11.2 Å². The van der Waals surface area contributed by atoms with Crippen molar-refractivity contribution in [1.29, 1.82) is 0 Å². The van der Waals surface area contributed by atoms with Gasteiger partial charge in [0.25, 0.3) is 0 Å². The number of para-hydroxylation sites is 2. The van der Waals surface area contributed by atoms with Crippen LogP contribution in [0.25, 0.3) is 21.9 Å². The first-order chi connectivity index (χ1) is 9.93. The van der Waals surface area contributed by atoms with Crippen molar-refractivity contribution in [2.75, 3.05) is 0 Å². The van der Waals surface area contributed by atoms with Crippen molar-refractivity contribution in [3.05, 3.63) is 60.9 Å². The Morgan fingerprint density at radius 3 is 1.50 bits per heavy atom. The maximum atomic E-state index is 8.00. The standard InChI is InChI=1S/2C7H5NO.CH2O/c2*1-2-4-7-6(3-1)5-8-9-7;1-2/h2*1-5H;1H2. The van der Waals surface area contributed by atoms with Crippen LogP contribution >= 0.6 is 0 Å². The van der Waals surface area contributed by atoms with Crippen molar-refractivity contribution in [3.8, 4) is 0 Å². The molecule has 0 radical (unpaired) electrons. The summed E-state index contributed by atoms with van der Waals surface area (Å²) in [6.45, 7) is 2.00. The molecular formula is C15H12N2O3. The van der Waals surface area contributed by atoms with E-state index in [1.807, 2.05) is 55.3 Å².